The Morgan fingerprint density at radius 2 is 2.24 bits per heavy atom. The van der Waals surface area contributed by atoms with Gasteiger partial charge in [0, 0.05) is 6.07 Å². The fourth-order valence-corrected chi connectivity index (χ4v) is 2.22. The van der Waals surface area contributed by atoms with Crippen LogP contribution in [0.3, 0.4) is 0 Å². The molecule has 2 heterocycles. The number of aryl methyl sites for hydroxylation is 1. The fourth-order valence-electron chi connectivity index (χ4n) is 2.22. The molecule has 0 unspecified atom stereocenters. The number of hydrogen-bond acceptors (Lipinski definition) is 3. The average Bonchev–Trinajstić information content (AvgIpc) is 2.73. The maximum atomic E-state index is 11.7. The SMILES string of the molecule is Cc1cc(NC(=O)CC[NH+]2CCCCC2)no1. The molecule has 1 saturated heterocycles. The van der Waals surface area contributed by atoms with Crippen LogP contribution in [-0.2, 0) is 4.79 Å². The smallest absolute Gasteiger partial charge is 0.231 e. The van der Waals surface area contributed by atoms with Crippen molar-refractivity contribution in [2.75, 3.05) is 25.0 Å². The number of carbonyl (C=O) groups is 1. The van der Waals surface area contributed by atoms with E-state index in [1.807, 2.05) is 0 Å². The van der Waals surface area contributed by atoms with E-state index in [1.165, 1.54) is 32.4 Å². The lowest BCUT2D eigenvalue weighted by Gasteiger charge is -2.22. The van der Waals surface area contributed by atoms with E-state index in [0.29, 0.717) is 18.0 Å². The van der Waals surface area contributed by atoms with E-state index in [9.17, 15) is 4.79 Å². The molecule has 5 heteroatoms. The van der Waals surface area contributed by atoms with Gasteiger partial charge in [-0.2, -0.15) is 0 Å². The Morgan fingerprint density at radius 1 is 1.47 bits per heavy atom. The molecule has 1 aliphatic rings. The summed E-state index contributed by atoms with van der Waals surface area (Å²) in [5, 5.41) is 6.48. The summed E-state index contributed by atoms with van der Waals surface area (Å²) in [7, 11) is 0. The number of piperidine rings is 1. The third-order valence-electron chi connectivity index (χ3n) is 3.16. The van der Waals surface area contributed by atoms with Gasteiger partial charge in [0.25, 0.3) is 0 Å². The van der Waals surface area contributed by atoms with Crippen LogP contribution >= 0.6 is 0 Å². The number of amides is 1. The molecule has 1 fully saturated rings. The summed E-state index contributed by atoms with van der Waals surface area (Å²) in [5.41, 5.74) is 0. The second-order valence-electron chi connectivity index (χ2n) is 4.68. The molecule has 1 aliphatic heterocycles. The summed E-state index contributed by atoms with van der Waals surface area (Å²) >= 11 is 0. The lowest BCUT2D eigenvalue weighted by molar-refractivity contribution is -0.904. The Morgan fingerprint density at radius 3 is 2.88 bits per heavy atom. The van der Waals surface area contributed by atoms with Crippen molar-refractivity contribution in [3.05, 3.63) is 11.8 Å². The first-order valence-electron chi connectivity index (χ1n) is 6.31. The number of quaternary nitrogens is 1. The van der Waals surface area contributed by atoms with Crippen molar-refractivity contribution in [3.63, 3.8) is 0 Å². The number of hydrogen-bond donors (Lipinski definition) is 2. The van der Waals surface area contributed by atoms with Crippen molar-refractivity contribution >= 4 is 11.7 Å². The minimum Gasteiger partial charge on any atom is -0.360 e. The molecule has 0 bridgehead atoms. The Balaban J connectivity index is 1.70. The van der Waals surface area contributed by atoms with Crippen LogP contribution in [-0.4, -0.2) is 30.7 Å². The molecular formula is C12H20N3O2+. The zero-order valence-corrected chi connectivity index (χ0v) is 10.3. The molecule has 0 saturated carbocycles. The number of nitrogens with zero attached hydrogens (tertiary/aromatic N) is 1. The van der Waals surface area contributed by atoms with Gasteiger partial charge in [0.1, 0.15) is 5.76 Å². The average molecular weight is 238 g/mol. The highest BCUT2D eigenvalue weighted by Gasteiger charge is 2.15. The highest BCUT2D eigenvalue weighted by atomic mass is 16.5. The summed E-state index contributed by atoms with van der Waals surface area (Å²) in [6.45, 7) is 5.13. The highest BCUT2D eigenvalue weighted by molar-refractivity contribution is 5.89. The summed E-state index contributed by atoms with van der Waals surface area (Å²) in [6, 6.07) is 1.73. The molecule has 0 atom stereocenters. The Bertz CT molecular complexity index is 370. The third kappa shape index (κ3) is 3.85. The summed E-state index contributed by atoms with van der Waals surface area (Å²) in [6.07, 6.45) is 4.48. The van der Waals surface area contributed by atoms with Gasteiger partial charge in [-0.15, -0.1) is 0 Å². The number of rotatable bonds is 4. The van der Waals surface area contributed by atoms with Crippen molar-refractivity contribution in [2.45, 2.75) is 32.6 Å². The van der Waals surface area contributed by atoms with Gasteiger partial charge in [-0.3, -0.25) is 4.79 Å². The quantitative estimate of drug-likeness (QED) is 0.797. The molecular weight excluding hydrogens is 218 g/mol. The van der Waals surface area contributed by atoms with Gasteiger partial charge in [0.15, 0.2) is 5.82 Å². The highest BCUT2D eigenvalue weighted by Crippen LogP contribution is 2.06. The molecule has 2 N–H and O–H groups in total. The number of anilines is 1. The van der Waals surface area contributed by atoms with Crippen molar-refractivity contribution in [2.24, 2.45) is 0 Å². The molecule has 0 spiro atoms. The lowest BCUT2D eigenvalue weighted by atomic mass is 10.1. The number of carbonyl (C=O) groups excluding carboxylic acids is 1. The predicted octanol–water partition coefficient (Wildman–Crippen LogP) is 0.380. The summed E-state index contributed by atoms with van der Waals surface area (Å²) in [4.78, 5) is 13.2. The van der Waals surface area contributed by atoms with Gasteiger partial charge in [0.2, 0.25) is 5.91 Å². The van der Waals surface area contributed by atoms with E-state index in [2.05, 4.69) is 10.5 Å². The van der Waals surface area contributed by atoms with Crippen LogP contribution in [0.15, 0.2) is 10.6 Å². The van der Waals surface area contributed by atoms with Crippen molar-refractivity contribution < 1.29 is 14.2 Å². The van der Waals surface area contributed by atoms with Crippen LogP contribution in [0.4, 0.5) is 5.82 Å². The van der Waals surface area contributed by atoms with E-state index in [4.69, 9.17) is 4.52 Å². The van der Waals surface area contributed by atoms with Crippen LogP contribution in [0.1, 0.15) is 31.4 Å². The molecule has 0 radical (unpaired) electrons. The van der Waals surface area contributed by atoms with Crippen LogP contribution in [0.2, 0.25) is 0 Å². The van der Waals surface area contributed by atoms with Gasteiger partial charge in [0.05, 0.1) is 26.1 Å². The zero-order chi connectivity index (χ0) is 12.1. The third-order valence-corrected chi connectivity index (χ3v) is 3.16. The number of likely N-dealkylation sites (tertiary alicyclic amines) is 1. The first-order chi connectivity index (χ1) is 8.24. The van der Waals surface area contributed by atoms with E-state index >= 15 is 0 Å². The van der Waals surface area contributed by atoms with Gasteiger partial charge in [-0.25, -0.2) is 0 Å². The standard InChI is InChI=1S/C12H19N3O2/c1-10-9-11(14-17-10)13-12(16)5-8-15-6-3-2-4-7-15/h9H,2-8H2,1H3,(H,13,14,16)/p+1. The normalized spacial score (nSPS) is 17.0. The molecule has 1 aromatic rings. The Labute approximate surface area is 101 Å². The van der Waals surface area contributed by atoms with Crippen molar-refractivity contribution in [3.8, 4) is 0 Å². The molecule has 1 amide bonds. The largest absolute Gasteiger partial charge is 0.360 e. The molecule has 0 aliphatic carbocycles. The van der Waals surface area contributed by atoms with E-state index in [-0.39, 0.29) is 5.91 Å². The minimum absolute atomic E-state index is 0.0244. The predicted molar refractivity (Wildman–Crippen MR) is 63.9 cm³/mol. The second kappa shape index (κ2) is 5.82. The van der Waals surface area contributed by atoms with E-state index in [1.54, 1.807) is 17.9 Å². The van der Waals surface area contributed by atoms with Crippen LogP contribution in [0, 0.1) is 6.92 Å². The summed E-state index contributed by atoms with van der Waals surface area (Å²) in [5.74, 6) is 1.25. The van der Waals surface area contributed by atoms with Gasteiger partial charge in [-0.1, -0.05) is 5.16 Å². The number of nitrogens with one attached hydrogen (secondary N) is 2. The first-order valence-corrected chi connectivity index (χ1v) is 6.31. The number of aromatic nitrogens is 1. The van der Waals surface area contributed by atoms with Crippen molar-refractivity contribution in [1.29, 1.82) is 0 Å². The van der Waals surface area contributed by atoms with E-state index in [0.717, 1.165) is 6.54 Å². The lowest BCUT2D eigenvalue weighted by Crippen LogP contribution is -3.12. The molecule has 1 aromatic heterocycles. The van der Waals surface area contributed by atoms with Crippen LogP contribution in [0.25, 0.3) is 0 Å². The van der Waals surface area contributed by atoms with Gasteiger partial charge < -0.3 is 14.7 Å². The monoisotopic (exact) mass is 238 g/mol. The maximum Gasteiger partial charge on any atom is 0.231 e. The summed E-state index contributed by atoms with van der Waals surface area (Å²) < 4.78 is 4.89. The molecule has 0 aromatic carbocycles. The second-order valence-corrected chi connectivity index (χ2v) is 4.68. The van der Waals surface area contributed by atoms with Crippen LogP contribution < -0.4 is 10.2 Å². The molecule has 17 heavy (non-hydrogen) atoms. The van der Waals surface area contributed by atoms with E-state index < -0.39 is 0 Å². The maximum absolute atomic E-state index is 11.7. The Kier molecular flexibility index (Phi) is 4.14. The fraction of sp³-hybridized carbons (Fsp3) is 0.667. The van der Waals surface area contributed by atoms with Crippen LogP contribution in [0.5, 0.6) is 0 Å². The molecule has 5 nitrogen and oxygen atoms in total. The topological polar surface area (TPSA) is 59.6 Å². The Hall–Kier alpha value is -1.36. The van der Waals surface area contributed by atoms with Gasteiger partial charge in [-0.05, 0) is 26.2 Å². The molecule has 2 rings (SSSR count). The zero-order valence-electron chi connectivity index (χ0n) is 10.3. The van der Waals surface area contributed by atoms with Gasteiger partial charge >= 0.3 is 0 Å². The first kappa shape index (κ1) is 12.1. The minimum atomic E-state index is 0.0244. The van der Waals surface area contributed by atoms with Crippen molar-refractivity contribution in [1.82, 2.24) is 5.16 Å². The molecule has 94 valence electrons.